The van der Waals surface area contributed by atoms with E-state index < -0.39 is 0 Å². The van der Waals surface area contributed by atoms with Crippen LogP contribution in [0.25, 0.3) is 11.3 Å². The van der Waals surface area contributed by atoms with Gasteiger partial charge in [0.25, 0.3) is 11.1 Å². The van der Waals surface area contributed by atoms with E-state index in [1.807, 2.05) is 0 Å². The van der Waals surface area contributed by atoms with Gasteiger partial charge in [0.15, 0.2) is 0 Å². The van der Waals surface area contributed by atoms with E-state index in [0.29, 0.717) is 10.7 Å². The molecule has 27 heavy (non-hydrogen) atoms. The molecule has 1 aromatic carbocycles. The highest BCUT2D eigenvalue weighted by Gasteiger charge is 2.07. The molecule has 0 fully saturated rings. The first kappa shape index (κ1) is 18.5. The third-order valence-corrected chi connectivity index (χ3v) is 4.02. The fourth-order valence-corrected chi connectivity index (χ4v) is 2.52. The average Bonchev–Trinajstić information content (AvgIpc) is 2.66. The second-order valence-corrected chi connectivity index (χ2v) is 6.12. The van der Waals surface area contributed by atoms with Crippen molar-refractivity contribution in [1.82, 2.24) is 24.6 Å². The van der Waals surface area contributed by atoms with Gasteiger partial charge in [-0.05, 0) is 18.2 Å². The fourth-order valence-electron chi connectivity index (χ4n) is 2.39. The molecule has 3 aromatic rings. The molecule has 2 aromatic heterocycles. The predicted octanol–water partition coefficient (Wildman–Crippen LogP) is 0.937. The smallest absolute Gasteiger partial charge is 0.266 e. The largest absolute Gasteiger partial charge is 0.353 e. The van der Waals surface area contributed by atoms with E-state index in [4.69, 9.17) is 11.6 Å². The highest BCUT2D eigenvalue weighted by molar-refractivity contribution is 6.30. The van der Waals surface area contributed by atoms with Crippen LogP contribution in [0, 0.1) is 0 Å². The Labute approximate surface area is 159 Å². The van der Waals surface area contributed by atoms with Crippen LogP contribution in [0.3, 0.4) is 0 Å². The molecule has 0 aliphatic carbocycles. The second kappa shape index (κ2) is 8.41. The maximum Gasteiger partial charge on any atom is 0.266 e. The molecule has 0 radical (unpaired) electrons. The van der Waals surface area contributed by atoms with E-state index in [0.717, 1.165) is 5.56 Å². The molecule has 0 bridgehead atoms. The lowest BCUT2D eigenvalue weighted by Gasteiger charge is -2.08. The molecule has 9 heteroatoms. The van der Waals surface area contributed by atoms with E-state index >= 15 is 0 Å². The number of hydrogen-bond acceptors (Lipinski definition) is 5. The average molecular weight is 386 g/mol. The first-order valence-corrected chi connectivity index (χ1v) is 8.52. The zero-order chi connectivity index (χ0) is 19.2. The highest BCUT2D eigenvalue weighted by Crippen LogP contribution is 2.17. The summed E-state index contributed by atoms with van der Waals surface area (Å²) in [6.45, 7) is 0.304. The number of rotatable bonds is 6. The lowest BCUT2D eigenvalue weighted by Crippen LogP contribution is -2.35. The SMILES string of the molecule is O=C(Cn1cnc(-c2ccc(Cl)cc2)cc1=O)NCCn1ncccc1=O. The number of nitrogens with one attached hydrogen (secondary N) is 1. The maximum absolute atomic E-state index is 12.2. The molecule has 0 aliphatic rings. The minimum absolute atomic E-state index is 0.163. The quantitative estimate of drug-likeness (QED) is 0.680. The van der Waals surface area contributed by atoms with Crippen molar-refractivity contribution in [2.75, 3.05) is 6.54 Å². The molecular weight excluding hydrogens is 370 g/mol. The number of nitrogens with zero attached hydrogens (tertiary/aromatic N) is 4. The number of aromatic nitrogens is 4. The molecule has 0 unspecified atom stereocenters. The normalized spacial score (nSPS) is 10.6. The van der Waals surface area contributed by atoms with Crippen LogP contribution in [0.5, 0.6) is 0 Å². The number of hydrogen-bond donors (Lipinski definition) is 1. The van der Waals surface area contributed by atoms with Crippen molar-refractivity contribution < 1.29 is 4.79 Å². The first-order chi connectivity index (χ1) is 13.0. The fraction of sp³-hybridized carbons (Fsp3) is 0.167. The van der Waals surface area contributed by atoms with Gasteiger partial charge in [-0.3, -0.25) is 19.0 Å². The molecule has 138 valence electrons. The molecule has 3 rings (SSSR count). The Kier molecular flexibility index (Phi) is 5.77. The molecule has 1 N–H and O–H groups in total. The molecule has 2 heterocycles. The third kappa shape index (κ3) is 4.89. The van der Waals surface area contributed by atoms with Crippen molar-refractivity contribution in [3.63, 3.8) is 0 Å². The van der Waals surface area contributed by atoms with Gasteiger partial charge in [0.1, 0.15) is 6.54 Å². The number of carbonyl (C=O) groups is 1. The van der Waals surface area contributed by atoms with Gasteiger partial charge in [-0.25, -0.2) is 9.67 Å². The van der Waals surface area contributed by atoms with E-state index in [9.17, 15) is 14.4 Å². The van der Waals surface area contributed by atoms with Crippen molar-refractivity contribution >= 4 is 17.5 Å². The lowest BCUT2D eigenvalue weighted by molar-refractivity contribution is -0.121. The molecular formula is C18H16ClN5O3. The van der Waals surface area contributed by atoms with Crippen LogP contribution in [-0.2, 0) is 17.9 Å². The predicted molar refractivity (Wildman–Crippen MR) is 100 cm³/mol. The van der Waals surface area contributed by atoms with Crippen molar-refractivity contribution in [3.05, 3.63) is 80.7 Å². The molecule has 8 nitrogen and oxygen atoms in total. The Morgan fingerprint density at radius 1 is 1.11 bits per heavy atom. The molecule has 0 aliphatic heterocycles. The van der Waals surface area contributed by atoms with Crippen molar-refractivity contribution in [1.29, 1.82) is 0 Å². The Morgan fingerprint density at radius 3 is 2.59 bits per heavy atom. The zero-order valence-corrected chi connectivity index (χ0v) is 15.0. The van der Waals surface area contributed by atoms with Crippen molar-refractivity contribution in [2.45, 2.75) is 13.1 Å². The molecule has 0 atom stereocenters. The van der Waals surface area contributed by atoms with Gasteiger partial charge in [0, 0.05) is 35.5 Å². The van der Waals surface area contributed by atoms with Crippen LogP contribution in [0.4, 0.5) is 0 Å². The Balaban J connectivity index is 1.59. The summed E-state index contributed by atoms with van der Waals surface area (Å²) in [4.78, 5) is 40.0. The summed E-state index contributed by atoms with van der Waals surface area (Å²) in [7, 11) is 0. The van der Waals surface area contributed by atoms with E-state index in [-0.39, 0.29) is 36.7 Å². The van der Waals surface area contributed by atoms with E-state index in [1.165, 1.54) is 33.9 Å². The molecule has 0 saturated heterocycles. The highest BCUT2D eigenvalue weighted by atomic mass is 35.5. The monoisotopic (exact) mass is 385 g/mol. The minimum atomic E-state index is -0.359. The summed E-state index contributed by atoms with van der Waals surface area (Å²) in [5, 5.41) is 7.14. The molecule has 1 amide bonds. The number of benzene rings is 1. The number of carbonyl (C=O) groups excluding carboxylic acids is 1. The van der Waals surface area contributed by atoms with Crippen LogP contribution in [0.1, 0.15) is 0 Å². The van der Waals surface area contributed by atoms with Crippen LogP contribution in [-0.4, -0.2) is 31.8 Å². The standard InChI is InChI=1S/C18H16ClN5O3/c19-14-5-3-13(4-6-14)15-10-18(27)23(12-21-15)11-16(25)20-8-9-24-17(26)2-1-7-22-24/h1-7,10,12H,8-9,11H2,(H,20,25). The summed E-state index contributed by atoms with van der Waals surface area (Å²) in [6, 6.07) is 11.3. The van der Waals surface area contributed by atoms with Crippen LogP contribution in [0.15, 0.2) is 64.6 Å². The Bertz CT molecular complexity index is 1060. The van der Waals surface area contributed by atoms with Crippen LogP contribution < -0.4 is 16.4 Å². The summed E-state index contributed by atoms with van der Waals surface area (Å²) in [5.74, 6) is -0.359. The van der Waals surface area contributed by atoms with Gasteiger partial charge in [-0.1, -0.05) is 23.7 Å². The Morgan fingerprint density at radius 2 is 1.89 bits per heavy atom. The summed E-state index contributed by atoms with van der Waals surface area (Å²) >= 11 is 5.85. The number of halogens is 1. The van der Waals surface area contributed by atoms with Gasteiger partial charge >= 0.3 is 0 Å². The lowest BCUT2D eigenvalue weighted by atomic mass is 10.1. The zero-order valence-electron chi connectivity index (χ0n) is 14.2. The van der Waals surface area contributed by atoms with Gasteiger partial charge in [-0.15, -0.1) is 0 Å². The van der Waals surface area contributed by atoms with Crippen molar-refractivity contribution in [2.24, 2.45) is 0 Å². The molecule has 0 saturated carbocycles. The summed E-state index contributed by atoms with van der Waals surface area (Å²) < 4.78 is 2.45. The number of amides is 1. The topological polar surface area (TPSA) is 98.9 Å². The first-order valence-electron chi connectivity index (χ1n) is 8.14. The van der Waals surface area contributed by atoms with Crippen LogP contribution in [0.2, 0.25) is 5.02 Å². The van der Waals surface area contributed by atoms with Crippen LogP contribution >= 0.6 is 11.6 Å². The Hall–Kier alpha value is -3.26. The summed E-state index contributed by atoms with van der Waals surface area (Å²) in [5.41, 5.74) is 0.674. The van der Waals surface area contributed by atoms with E-state index in [1.54, 1.807) is 30.3 Å². The van der Waals surface area contributed by atoms with E-state index in [2.05, 4.69) is 15.4 Å². The van der Waals surface area contributed by atoms with Gasteiger partial charge < -0.3 is 5.32 Å². The van der Waals surface area contributed by atoms with Crippen molar-refractivity contribution in [3.8, 4) is 11.3 Å². The second-order valence-electron chi connectivity index (χ2n) is 5.68. The summed E-state index contributed by atoms with van der Waals surface area (Å²) in [6.07, 6.45) is 2.83. The maximum atomic E-state index is 12.2. The molecule has 0 spiro atoms. The van der Waals surface area contributed by atoms with Gasteiger partial charge in [0.05, 0.1) is 18.6 Å². The van der Waals surface area contributed by atoms with Gasteiger partial charge in [-0.2, -0.15) is 5.10 Å². The van der Waals surface area contributed by atoms with Gasteiger partial charge in [0.2, 0.25) is 5.91 Å². The minimum Gasteiger partial charge on any atom is -0.353 e. The third-order valence-electron chi connectivity index (χ3n) is 3.76.